The fourth-order valence-corrected chi connectivity index (χ4v) is 2.53. The molecule has 0 spiro atoms. The Kier molecular flexibility index (Phi) is 7.93. The molecule has 0 bridgehead atoms. The maximum absolute atomic E-state index is 13.9. The molecule has 0 amide bonds. The molecule has 1 atom stereocenters. The van der Waals surface area contributed by atoms with Crippen molar-refractivity contribution in [2.75, 3.05) is 7.11 Å². The summed E-state index contributed by atoms with van der Waals surface area (Å²) in [5.41, 5.74) is -0.818. The van der Waals surface area contributed by atoms with Gasteiger partial charge < -0.3 is 9.84 Å². The van der Waals surface area contributed by atoms with Crippen LogP contribution in [0.15, 0.2) is 24.3 Å². The first-order valence-electron chi connectivity index (χ1n) is 8.71. The van der Waals surface area contributed by atoms with E-state index in [1.165, 1.54) is 0 Å². The fourth-order valence-electron chi connectivity index (χ4n) is 2.53. The van der Waals surface area contributed by atoms with Gasteiger partial charge >= 0.3 is 47.6 Å². The van der Waals surface area contributed by atoms with Crippen molar-refractivity contribution in [1.29, 1.82) is 0 Å². The Morgan fingerprint density at radius 3 is 1.42 bits per heavy atom. The van der Waals surface area contributed by atoms with Gasteiger partial charge in [0, 0.05) is 6.42 Å². The van der Waals surface area contributed by atoms with Gasteiger partial charge in [-0.1, -0.05) is 12.1 Å². The normalized spacial score (nSPS) is 16.2. The zero-order chi connectivity index (χ0) is 29.0. The van der Waals surface area contributed by atoms with Gasteiger partial charge in [0.2, 0.25) is 0 Å². The molecule has 1 aromatic rings. The highest BCUT2D eigenvalue weighted by atomic mass is 19.4. The maximum Gasteiger partial charge on any atom is 0.460 e. The van der Waals surface area contributed by atoms with Crippen molar-refractivity contribution in [3.05, 3.63) is 29.8 Å². The lowest BCUT2D eigenvalue weighted by Crippen LogP contribution is -2.74. The van der Waals surface area contributed by atoms with Gasteiger partial charge in [-0.05, 0) is 17.7 Å². The van der Waals surface area contributed by atoms with Gasteiger partial charge in [-0.3, -0.25) is 0 Å². The molecule has 0 aromatic heterocycles. The lowest BCUT2D eigenvalue weighted by molar-refractivity contribution is -0.462. The largest absolute Gasteiger partial charge is 0.497 e. The quantitative estimate of drug-likeness (QED) is 0.304. The molecule has 0 aliphatic carbocycles. The SMILES string of the molecule is COc1cccc(C(O)CC(F)(F)C(F)(F)C(F)(F)C(F)(F)C(F)(F)C(F)(F)C(F)(F)C(F)(F)F)c1. The van der Waals surface area contributed by atoms with Gasteiger partial charge in [-0.15, -0.1) is 0 Å². The van der Waals surface area contributed by atoms with Crippen molar-refractivity contribution >= 4 is 0 Å². The van der Waals surface area contributed by atoms with Crippen LogP contribution in [0.2, 0.25) is 0 Å². The minimum atomic E-state index is -8.69. The van der Waals surface area contributed by atoms with Crippen molar-refractivity contribution in [1.82, 2.24) is 0 Å². The summed E-state index contributed by atoms with van der Waals surface area (Å²) >= 11 is 0. The van der Waals surface area contributed by atoms with E-state index in [1.807, 2.05) is 0 Å². The molecule has 0 heterocycles. The Bertz CT molecular complexity index is 922. The Hall–Kier alpha value is -2.21. The highest BCUT2D eigenvalue weighted by Crippen LogP contribution is 2.64. The van der Waals surface area contributed by atoms with Crippen LogP contribution in [0.5, 0.6) is 5.75 Å². The lowest BCUT2D eigenvalue weighted by atomic mass is 9.87. The summed E-state index contributed by atoms with van der Waals surface area (Å²) in [6.45, 7) is 0. The predicted octanol–water partition coefficient (Wildman–Crippen LogP) is 7.13. The standard InChI is InChI=1S/C17H11F17O2/c1-36-8-4-2-3-7(5-8)9(35)6-10(18,19)11(20,21)12(22,23)13(24,25)14(26,27)15(28,29)16(30,31)17(32,33)34/h2-5,9,35H,6H2,1H3. The molecule has 0 saturated heterocycles. The van der Waals surface area contributed by atoms with Crippen molar-refractivity contribution in [3.8, 4) is 5.75 Å². The van der Waals surface area contributed by atoms with Gasteiger partial charge in [-0.25, -0.2) is 0 Å². The van der Waals surface area contributed by atoms with Crippen LogP contribution in [0, 0.1) is 0 Å². The van der Waals surface area contributed by atoms with E-state index in [-0.39, 0.29) is 5.75 Å². The van der Waals surface area contributed by atoms with Gasteiger partial charge in [0.15, 0.2) is 0 Å². The molecule has 1 rings (SSSR count). The van der Waals surface area contributed by atoms with Crippen LogP contribution in [0.4, 0.5) is 74.6 Å². The summed E-state index contributed by atoms with van der Waals surface area (Å²) in [7, 11) is 0.967. The summed E-state index contributed by atoms with van der Waals surface area (Å²) < 4.78 is 230. The van der Waals surface area contributed by atoms with E-state index in [4.69, 9.17) is 0 Å². The summed E-state index contributed by atoms with van der Waals surface area (Å²) in [5, 5.41) is 9.60. The molecule has 1 aromatic carbocycles. The number of hydrogen-bond acceptors (Lipinski definition) is 2. The van der Waals surface area contributed by atoms with E-state index in [0.29, 0.717) is 12.1 Å². The van der Waals surface area contributed by atoms with Crippen molar-refractivity contribution in [2.45, 2.75) is 60.2 Å². The molecule has 210 valence electrons. The number of benzene rings is 1. The average Bonchev–Trinajstić information content (AvgIpc) is 2.71. The summed E-state index contributed by atoms with van der Waals surface area (Å²) in [5.74, 6) is -57.3. The molecule has 0 aliphatic heterocycles. The second-order valence-corrected chi connectivity index (χ2v) is 7.15. The van der Waals surface area contributed by atoms with Crippen LogP contribution < -0.4 is 4.74 Å². The van der Waals surface area contributed by atoms with Crippen LogP contribution in [0.25, 0.3) is 0 Å². The smallest absolute Gasteiger partial charge is 0.460 e. The lowest BCUT2D eigenvalue weighted by Gasteiger charge is -2.43. The number of hydrogen-bond donors (Lipinski definition) is 1. The second-order valence-electron chi connectivity index (χ2n) is 7.15. The third-order valence-electron chi connectivity index (χ3n) is 4.72. The van der Waals surface area contributed by atoms with Gasteiger partial charge in [-0.2, -0.15) is 74.6 Å². The Morgan fingerprint density at radius 2 is 1.03 bits per heavy atom. The molecule has 19 heteroatoms. The topological polar surface area (TPSA) is 29.5 Å². The molecule has 36 heavy (non-hydrogen) atoms. The van der Waals surface area contributed by atoms with Crippen LogP contribution in [-0.4, -0.2) is 59.9 Å². The first kappa shape index (κ1) is 31.8. The third kappa shape index (κ3) is 4.51. The number of aliphatic hydroxyl groups is 1. The molecular weight excluding hydrogens is 559 g/mol. The second kappa shape index (κ2) is 8.97. The van der Waals surface area contributed by atoms with Crippen LogP contribution in [0.3, 0.4) is 0 Å². The van der Waals surface area contributed by atoms with Gasteiger partial charge in [0.05, 0.1) is 13.2 Å². The maximum atomic E-state index is 13.9. The first-order valence-corrected chi connectivity index (χ1v) is 8.71. The minimum absolute atomic E-state index is 0.258. The van der Waals surface area contributed by atoms with Crippen molar-refractivity contribution in [2.24, 2.45) is 0 Å². The fraction of sp³-hybridized carbons (Fsp3) is 0.647. The number of ether oxygens (including phenoxy) is 1. The summed E-state index contributed by atoms with van der Waals surface area (Å²) in [6, 6.07) is 3.32. The zero-order valence-corrected chi connectivity index (χ0v) is 16.9. The van der Waals surface area contributed by atoms with E-state index >= 15 is 0 Å². The molecule has 2 nitrogen and oxygen atoms in total. The van der Waals surface area contributed by atoms with Crippen molar-refractivity contribution < 1.29 is 84.5 Å². The van der Waals surface area contributed by atoms with E-state index in [0.717, 1.165) is 19.2 Å². The molecule has 0 aliphatic rings. The highest BCUT2D eigenvalue weighted by molar-refractivity contribution is 5.30. The molecular formula is C17H11F17O2. The van der Waals surface area contributed by atoms with E-state index in [2.05, 4.69) is 4.74 Å². The van der Waals surface area contributed by atoms with E-state index in [1.54, 1.807) is 0 Å². The number of halogens is 17. The Morgan fingerprint density at radius 1 is 0.639 bits per heavy atom. The monoisotopic (exact) mass is 570 g/mol. The van der Waals surface area contributed by atoms with E-state index < -0.39 is 65.7 Å². The van der Waals surface area contributed by atoms with Crippen LogP contribution >= 0.6 is 0 Å². The summed E-state index contributed by atoms with van der Waals surface area (Å²) in [6.07, 6.45) is -13.7. The van der Waals surface area contributed by atoms with Crippen molar-refractivity contribution in [3.63, 3.8) is 0 Å². The Balaban J connectivity index is 3.53. The molecule has 0 fully saturated rings. The zero-order valence-electron chi connectivity index (χ0n) is 16.9. The van der Waals surface area contributed by atoms with Gasteiger partial charge in [0.25, 0.3) is 0 Å². The molecule has 1 N–H and O–H groups in total. The highest BCUT2D eigenvalue weighted by Gasteiger charge is 2.95. The number of rotatable bonds is 10. The molecule has 0 radical (unpaired) electrons. The Labute approximate surface area is 188 Å². The number of alkyl halides is 17. The number of methoxy groups -OCH3 is 1. The van der Waals surface area contributed by atoms with Gasteiger partial charge in [0.1, 0.15) is 5.75 Å². The third-order valence-corrected chi connectivity index (χ3v) is 4.72. The van der Waals surface area contributed by atoms with Crippen LogP contribution in [0.1, 0.15) is 18.1 Å². The first-order chi connectivity index (χ1) is 15.7. The average molecular weight is 570 g/mol. The minimum Gasteiger partial charge on any atom is -0.497 e. The van der Waals surface area contributed by atoms with E-state index in [9.17, 15) is 79.7 Å². The summed E-state index contributed by atoms with van der Waals surface area (Å²) in [4.78, 5) is 0. The molecule has 0 saturated carbocycles. The van der Waals surface area contributed by atoms with Crippen LogP contribution in [-0.2, 0) is 0 Å². The number of aliphatic hydroxyl groups excluding tert-OH is 1. The predicted molar refractivity (Wildman–Crippen MR) is 83.3 cm³/mol. The molecule has 1 unspecified atom stereocenters.